The van der Waals surface area contributed by atoms with E-state index in [4.69, 9.17) is 9.47 Å². The summed E-state index contributed by atoms with van der Waals surface area (Å²) in [4.78, 5) is 39.8. The molecule has 0 aromatic heterocycles. The van der Waals surface area contributed by atoms with Crippen LogP contribution in [0.5, 0.6) is 0 Å². The molecular formula is C19H22N2O5. The van der Waals surface area contributed by atoms with Crippen molar-refractivity contribution in [3.63, 3.8) is 0 Å². The van der Waals surface area contributed by atoms with Gasteiger partial charge >= 0.3 is 5.97 Å². The minimum Gasteiger partial charge on any atom is -0.459 e. The van der Waals surface area contributed by atoms with E-state index < -0.39 is 6.04 Å². The minimum absolute atomic E-state index is 0.0773. The van der Waals surface area contributed by atoms with E-state index in [1.807, 2.05) is 30.3 Å². The van der Waals surface area contributed by atoms with E-state index in [-0.39, 0.29) is 43.1 Å². The number of ether oxygens (including phenoxy) is 2. The summed E-state index contributed by atoms with van der Waals surface area (Å²) in [5.41, 5.74) is 0.922. The lowest BCUT2D eigenvalue weighted by Crippen LogP contribution is -2.48. The zero-order valence-electron chi connectivity index (χ0n) is 14.5. The number of esters is 1. The van der Waals surface area contributed by atoms with Crippen molar-refractivity contribution in [3.8, 4) is 0 Å². The monoisotopic (exact) mass is 358 g/mol. The molecule has 2 unspecified atom stereocenters. The lowest BCUT2D eigenvalue weighted by atomic mass is 10.1. The van der Waals surface area contributed by atoms with Crippen LogP contribution in [0.2, 0.25) is 0 Å². The summed E-state index contributed by atoms with van der Waals surface area (Å²) in [6.07, 6.45) is 1.57. The first-order valence-corrected chi connectivity index (χ1v) is 9.07. The van der Waals surface area contributed by atoms with Gasteiger partial charge in [-0.15, -0.1) is 0 Å². The maximum atomic E-state index is 12.6. The van der Waals surface area contributed by atoms with Crippen LogP contribution in [-0.2, 0) is 30.5 Å². The van der Waals surface area contributed by atoms with Crippen LogP contribution >= 0.6 is 0 Å². The molecule has 1 aromatic carbocycles. The number of rotatable bonds is 5. The van der Waals surface area contributed by atoms with Crippen molar-refractivity contribution in [2.24, 2.45) is 0 Å². The number of carbonyl (C=O) groups excluding carboxylic acids is 3. The number of hydrogen-bond acceptors (Lipinski definition) is 5. The third kappa shape index (κ3) is 3.31. The summed E-state index contributed by atoms with van der Waals surface area (Å²) < 4.78 is 11.1. The van der Waals surface area contributed by atoms with Crippen molar-refractivity contribution >= 4 is 17.8 Å². The van der Waals surface area contributed by atoms with E-state index in [2.05, 4.69) is 0 Å². The van der Waals surface area contributed by atoms with Crippen molar-refractivity contribution in [2.75, 3.05) is 13.1 Å². The molecule has 0 aliphatic carbocycles. The molecule has 26 heavy (non-hydrogen) atoms. The number of benzene rings is 1. The van der Waals surface area contributed by atoms with E-state index in [9.17, 15) is 14.4 Å². The van der Waals surface area contributed by atoms with Gasteiger partial charge in [0.15, 0.2) is 0 Å². The molecule has 7 nitrogen and oxygen atoms in total. The van der Waals surface area contributed by atoms with Gasteiger partial charge in [0.2, 0.25) is 11.8 Å². The Morgan fingerprint density at radius 1 is 1.23 bits per heavy atom. The highest BCUT2D eigenvalue weighted by molar-refractivity contribution is 5.86. The van der Waals surface area contributed by atoms with Crippen molar-refractivity contribution < 1.29 is 23.9 Å². The fourth-order valence-corrected chi connectivity index (χ4v) is 3.81. The van der Waals surface area contributed by atoms with Crippen molar-refractivity contribution in [1.82, 2.24) is 9.80 Å². The van der Waals surface area contributed by atoms with Crippen LogP contribution < -0.4 is 0 Å². The Balaban J connectivity index is 1.30. The number of hydrogen-bond donors (Lipinski definition) is 0. The summed E-state index contributed by atoms with van der Waals surface area (Å²) in [7, 11) is 0. The molecule has 0 saturated carbocycles. The summed E-state index contributed by atoms with van der Waals surface area (Å²) in [5.74, 6) is -0.386. The smallest absolute Gasteiger partial charge is 0.329 e. The normalized spacial score (nSPS) is 27.2. The second kappa shape index (κ2) is 7.07. The maximum absolute atomic E-state index is 12.6. The van der Waals surface area contributed by atoms with E-state index >= 15 is 0 Å². The van der Waals surface area contributed by atoms with Crippen LogP contribution in [0.25, 0.3) is 0 Å². The molecule has 0 spiro atoms. The second-order valence-electron chi connectivity index (χ2n) is 7.01. The highest BCUT2D eigenvalue weighted by Gasteiger charge is 2.46. The van der Waals surface area contributed by atoms with E-state index in [1.165, 1.54) is 0 Å². The third-order valence-electron chi connectivity index (χ3n) is 5.24. The van der Waals surface area contributed by atoms with Gasteiger partial charge in [-0.25, -0.2) is 4.79 Å². The average molecular weight is 358 g/mol. The van der Waals surface area contributed by atoms with Gasteiger partial charge < -0.3 is 19.3 Å². The zero-order valence-corrected chi connectivity index (χ0v) is 14.5. The molecule has 0 radical (unpaired) electrons. The SMILES string of the molecule is O=C(OCc1ccccc1)[C@@H]1CCCN1C(=O)CC1CN2C(=O)CC2O1. The van der Waals surface area contributed by atoms with Crippen molar-refractivity contribution in [3.05, 3.63) is 35.9 Å². The summed E-state index contributed by atoms with van der Waals surface area (Å²) in [5, 5.41) is 0. The Morgan fingerprint density at radius 2 is 2.04 bits per heavy atom. The lowest BCUT2D eigenvalue weighted by Gasteiger charge is -2.31. The molecule has 4 rings (SSSR count). The Kier molecular flexibility index (Phi) is 4.63. The maximum Gasteiger partial charge on any atom is 0.329 e. The quantitative estimate of drug-likeness (QED) is 0.581. The Labute approximate surface area is 151 Å². The van der Waals surface area contributed by atoms with Gasteiger partial charge in [0.05, 0.1) is 18.9 Å². The van der Waals surface area contributed by atoms with Crippen LogP contribution in [0, 0.1) is 0 Å². The third-order valence-corrected chi connectivity index (χ3v) is 5.24. The molecule has 3 heterocycles. The van der Waals surface area contributed by atoms with Crippen LogP contribution in [-0.4, -0.2) is 59.0 Å². The van der Waals surface area contributed by atoms with Crippen LogP contribution in [0.15, 0.2) is 30.3 Å². The van der Waals surface area contributed by atoms with E-state index in [1.54, 1.807) is 9.80 Å². The van der Waals surface area contributed by atoms with Crippen molar-refractivity contribution in [2.45, 2.75) is 50.7 Å². The highest BCUT2D eigenvalue weighted by Crippen LogP contribution is 2.30. The molecule has 2 amide bonds. The van der Waals surface area contributed by atoms with Gasteiger partial charge in [-0.3, -0.25) is 9.59 Å². The largest absolute Gasteiger partial charge is 0.459 e. The minimum atomic E-state index is -0.522. The first kappa shape index (κ1) is 17.0. The summed E-state index contributed by atoms with van der Waals surface area (Å²) in [6.45, 7) is 1.23. The second-order valence-corrected chi connectivity index (χ2v) is 7.01. The Bertz CT molecular complexity index is 707. The first-order chi connectivity index (χ1) is 12.6. The van der Waals surface area contributed by atoms with Gasteiger partial charge in [-0.2, -0.15) is 0 Å². The van der Waals surface area contributed by atoms with Gasteiger partial charge in [0, 0.05) is 13.1 Å². The van der Waals surface area contributed by atoms with Gasteiger partial charge in [0.1, 0.15) is 18.9 Å². The summed E-state index contributed by atoms with van der Waals surface area (Å²) >= 11 is 0. The molecule has 3 aliphatic heterocycles. The molecule has 0 bridgehead atoms. The molecule has 3 aliphatic rings. The number of fused-ring (bicyclic) bond motifs is 1. The number of carbonyl (C=O) groups is 3. The number of nitrogens with zero attached hydrogens (tertiary/aromatic N) is 2. The lowest BCUT2D eigenvalue weighted by molar-refractivity contribution is -0.158. The molecule has 3 fully saturated rings. The summed E-state index contributed by atoms with van der Waals surface area (Å²) in [6, 6.07) is 8.96. The molecule has 1 aromatic rings. The molecule has 3 atom stereocenters. The van der Waals surface area contributed by atoms with Crippen LogP contribution in [0.4, 0.5) is 0 Å². The zero-order chi connectivity index (χ0) is 18.1. The predicted octanol–water partition coefficient (Wildman–Crippen LogP) is 1.07. The number of β-lactam (4-membered cyclic amide) rings is 1. The topological polar surface area (TPSA) is 76.2 Å². The standard InChI is InChI=1S/C19H22N2O5/c22-16(9-14-11-21-17(23)10-18(21)26-14)20-8-4-7-15(20)19(24)25-12-13-5-2-1-3-6-13/h1-3,5-6,14-15,18H,4,7-12H2/t14?,15-,18?/m0/s1. The van der Waals surface area contributed by atoms with Crippen LogP contribution in [0.1, 0.15) is 31.2 Å². The molecular weight excluding hydrogens is 336 g/mol. The number of amides is 2. The molecule has 7 heteroatoms. The van der Waals surface area contributed by atoms with Gasteiger partial charge in [0.25, 0.3) is 0 Å². The fraction of sp³-hybridized carbons (Fsp3) is 0.526. The average Bonchev–Trinajstić information content (AvgIpc) is 3.25. The molecule has 3 saturated heterocycles. The molecule has 0 N–H and O–H groups in total. The van der Waals surface area contributed by atoms with Crippen LogP contribution in [0.3, 0.4) is 0 Å². The Morgan fingerprint density at radius 3 is 2.77 bits per heavy atom. The Hall–Kier alpha value is -2.41. The van der Waals surface area contributed by atoms with Crippen molar-refractivity contribution in [1.29, 1.82) is 0 Å². The number of likely N-dealkylation sites (tertiary alicyclic amines) is 1. The van der Waals surface area contributed by atoms with E-state index in [0.29, 0.717) is 25.9 Å². The predicted molar refractivity (Wildman–Crippen MR) is 90.6 cm³/mol. The highest BCUT2D eigenvalue weighted by atomic mass is 16.5. The van der Waals surface area contributed by atoms with Gasteiger partial charge in [-0.05, 0) is 18.4 Å². The molecule has 138 valence electrons. The van der Waals surface area contributed by atoms with Gasteiger partial charge in [-0.1, -0.05) is 30.3 Å². The first-order valence-electron chi connectivity index (χ1n) is 9.07. The fourth-order valence-electron chi connectivity index (χ4n) is 3.81. The van der Waals surface area contributed by atoms with E-state index in [0.717, 1.165) is 12.0 Å².